The summed E-state index contributed by atoms with van der Waals surface area (Å²) in [4.78, 5) is 14.3. The zero-order chi connectivity index (χ0) is 19.8. The fourth-order valence-corrected chi connectivity index (χ4v) is 3.98. The van der Waals surface area contributed by atoms with E-state index in [4.69, 9.17) is 4.74 Å². The number of carboxylic acids is 1. The van der Waals surface area contributed by atoms with E-state index in [1.165, 1.54) is 0 Å². The number of aromatic amines is 1. The van der Waals surface area contributed by atoms with Crippen molar-refractivity contribution in [1.29, 1.82) is 0 Å². The van der Waals surface area contributed by atoms with E-state index in [-0.39, 0.29) is 5.69 Å². The number of aromatic nitrogens is 3. The van der Waals surface area contributed by atoms with E-state index in [2.05, 4.69) is 29.7 Å². The molecule has 0 aliphatic carbocycles. The lowest BCUT2D eigenvalue weighted by Crippen LogP contribution is -2.22. The molecule has 144 valence electrons. The molecule has 0 radical (unpaired) electrons. The number of fused-ring (bicyclic) bond motifs is 1. The Balaban J connectivity index is 1.91. The van der Waals surface area contributed by atoms with Crippen LogP contribution in [-0.4, -0.2) is 40.5 Å². The van der Waals surface area contributed by atoms with Crippen LogP contribution < -0.4 is 0 Å². The molecule has 7 heteroatoms. The first-order chi connectivity index (χ1) is 12.7. The Morgan fingerprint density at radius 2 is 2.04 bits per heavy atom. The van der Waals surface area contributed by atoms with Crippen LogP contribution in [0.1, 0.15) is 21.9 Å². The summed E-state index contributed by atoms with van der Waals surface area (Å²) >= 11 is 0. The highest BCUT2D eigenvalue weighted by molar-refractivity contribution is 6.76. The largest absolute Gasteiger partial charge is 0.477 e. The van der Waals surface area contributed by atoms with Crippen molar-refractivity contribution in [3.05, 3.63) is 41.3 Å². The van der Waals surface area contributed by atoms with E-state index < -0.39 is 14.0 Å². The van der Waals surface area contributed by atoms with Crippen LogP contribution in [0.25, 0.3) is 22.0 Å². The molecule has 0 saturated heterocycles. The molecule has 1 aromatic carbocycles. The van der Waals surface area contributed by atoms with Gasteiger partial charge in [0.2, 0.25) is 0 Å². The molecule has 2 aromatic heterocycles. The van der Waals surface area contributed by atoms with Gasteiger partial charge in [-0.3, -0.25) is 0 Å². The van der Waals surface area contributed by atoms with Gasteiger partial charge in [-0.25, -0.2) is 9.48 Å². The first kappa shape index (κ1) is 19.4. The second-order valence-corrected chi connectivity index (χ2v) is 13.8. The SMILES string of the molecule is Cc1nn(COCC[Si](C)(C)C)c(C)c1-c1cccc2cc(C(=O)O)[nH]c12. The van der Waals surface area contributed by atoms with Crippen LogP contribution in [0.4, 0.5) is 0 Å². The van der Waals surface area contributed by atoms with Gasteiger partial charge < -0.3 is 14.8 Å². The van der Waals surface area contributed by atoms with Crippen molar-refractivity contribution in [3.63, 3.8) is 0 Å². The topological polar surface area (TPSA) is 80.1 Å². The summed E-state index contributed by atoms with van der Waals surface area (Å²) in [6.45, 7) is 12.2. The van der Waals surface area contributed by atoms with Crippen LogP contribution in [-0.2, 0) is 11.5 Å². The summed E-state index contributed by atoms with van der Waals surface area (Å²) in [5.74, 6) is -0.961. The van der Waals surface area contributed by atoms with Gasteiger partial charge in [-0.15, -0.1) is 0 Å². The van der Waals surface area contributed by atoms with Gasteiger partial charge in [-0.2, -0.15) is 5.10 Å². The number of para-hydroxylation sites is 1. The minimum Gasteiger partial charge on any atom is -0.477 e. The van der Waals surface area contributed by atoms with E-state index in [0.29, 0.717) is 6.73 Å². The number of benzene rings is 1. The Hall–Kier alpha value is -2.38. The summed E-state index contributed by atoms with van der Waals surface area (Å²) in [6, 6.07) is 8.64. The molecule has 3 aromatic rings. The van der Waals surface area contributed by atoms with E-state index in [0.717, 1.165) is 46.1 Å². The van der Waals surface area contributed by atoms with Crippen molar-refractivity contribution in [2.75, 3.05) is 6.61 Å². The Bertz CT molecular complexity index is 982. The lowest BCUT2D eigenvalue weighted by atomic mass is 10.0. The zero-order valence-electron chi connectivity index (χ0n) is 16.6. The van der Waals surface area contributed by atoms with Crippen LogP contribution in [0, 0.1) is 13.8 Å². The third kappa shape index (κ3) is 4.14. The van der Waals surface area contributed by atoms with Gasteiger partial charge in [0.25, 0.3) is 0 Å². The zero-order valence-corrected chi connectivity index (χ0v) is 17.6. The molecular weight excluding hydrogens is 358 g/mol. The van der Waals surface area contributed by atoms with Gasteiger partial charge in [-0.05, 0) is 26.0 Å². The quantitative estimate of drug-likeness (QED) is 0.458. The van der Waals surface area contributed by atoms with Crippen molar-refractivity contribution in [2.45, 2.75) is 46.3 Å². The minimum atomic E-state index is -1.11. The molecule has 0 aliphatic rings. The molecule has 0 spiro atoms. The molecule has 0 atom stereocenters. The Labute approximate surface area is 160 Å². The highest BCUT2D eigenvalue weighted by Crippen LogP contribution is 2.33. The van der Waals surface area contributed by atoms with E-state index in [1.807, 2.05) is 36.7 Å². The predicted octanol–water partition coefficient (Wildman–Crippen LogP) is 4.66. The van der Waals surface area contributed by atoms with Crippen molar-refractivity contribution in [3.8, 4) is 11.1 Å². The fourth-order valence-electron chi connectivity index (χ4n) is 3.22. The van der Waals surface area contributed by atoms with Gasteiger partial charge in [0.1, 0.15) is 12.4 Å². The first-order valence-electron chi connectivity index (χ1n) is 9.14. The van der Waals surface area contributed by atoms with Gasteiger partial charge in [0.15, 0.2) is 0 Å². The monoisotopic (exact) mass is 385 g/mol. The highest BCUT2D eigenvalue weighted by atomic mass is 28.3. The van der Waals surface area contributed by atoms with Crippen LogP contribution in [0.15, 0.2) is 24.3 Å². The van der Waals surface area contributed by atoms with Gasteiger partial charge in [0, 0.05) is 36.9 Å². The molecule has 0 fully saturated rings. The average Bonchev–Trinajstić information content (AvgIpc) is 3.12. The number of H-pyrrole nitrogens is 1. The van der Waals surface area contributed by atoms with Gasteiger partial charge in [-0.1, -0.05) is 37.8 Å². The maximum absolute atomic E-state index is 11.3. The Morgan fingerprint density at radius 3 is 2.70 bits per heavy atom. The maximum atomic E-state index is 11.3. The minimum absolute atomic E-state index is 0.190. The second kappa shape index (κ2) is 7.32. The smallest absolute Gasteiger partial charge is 0.352 e. The fraction of sp³-hybridized carbons (Fsp3) is 0.400. The molecule has 0 unspecified atom stereocenters. The van der Waals surface area contributed by atoms with Crippen molar-refractivity contribution < 1.29 is 14.6 Å². The molecule has 3 rings (SSSR count). The number of carboxylic acid groups (broad SMARTS) is 1. The maximum Gasteiger partial charge on any atom is 0.352 e. The molecule has 2 N–H and O–H groups in total. The van der Waals surface area contributed by atoms with Crippen molar-refractivity contribution in [1.82, 2.24) is 14.8 Å². The average molecular weight is 386 g/mol. The number of hydrogen-bond donors (Lipinski definition) is 2. The summed E-state index contributed by atoms with van der Waals surface area (Å²) < 4.78 is 7.74. The van der Waals surface area contributed by atoms with Crippen molar-refractivity contribution >= 4 is 24.9 Å². The third-order valence-electron chi connectivity index (χ3n) is 4.75. The number of nitrogens with zero attached hydrogens (tertiary/aromatic N) is 2. The van der Waals surface area contributed by atoms with Gasteiger partial charge in [0.05, 0.1) is 11.2 Å². The van der Waals surface area contributed by atoms with Gasteiger partial charge >= 0.3 is 5.97 Å². The van der Waals surface area contributed by atoms with Crippen LogP contribution in [0.3, 0.4) is 0 Å². The number of ether oxygens (including phenoxy) is 1. The summed E-state index contributed by atoms with van der Waals surface area (Å²) in [6.07, 6.45) is 0. The van der Waals surface area contributed by atoms with Crippen molar-refractivity contribution in [2.24, 2.45) is 0 Å². The molecule has 0 aliphatic heterocycles. The van der Waals surface area contributed by atoms with E-state index >= 15 is 0 Å². The summed E-state index contributed by atoms with van der Waals surface area (Å²) in [7, 11) is -1.11. The van der Waals surface area contributed by atoms with Crippen LogP contribution in [0.5, 0.6) is 0 Å². The Kier molecular flexibility index (Phi) is 5.26. The van der Waals surface area contributed by atoms with E-state index in [1.54, 1.807) is 6.07 Å². The third-order valence-corrected chi connectivity index (χ3v) is 6.45. The number of hydrogen-bond acceptors (Lipinski definition) is 3. The number of rotatable bonds is 7. The first-order valence-corrected chi connectivity index (χ1v) is 12.9. The Morgan fingerprint density at radius 1 is 1.30 bits per heavy atom. The molecule has 0 amide bonds. The summed E-state index contributed by atoms with van der Waals surface area (Å²) in [5, 5.41) is 14.8. The van der Waals surface area contributed by atoms with E-state index in [9.17, 15) is 9.90 Å². The van der Waals surface area contributed by atoms with Crippen LogP contribution in [0.2, 0.25) is 25.7 Å². The molecule has 27 heavy (non-hydrogen) atoms. The predicted molar refractivity (Wildman–Crippen MR) is 110 cm³/mol. The molecule has 0 bridgehead atoms. The molecule has 0 saturated carbocycles. The molecular formula is C20H27N3O3Si. The number of nitrogens with one attached hydrogen (secondary N) is 1. The number of aryl methyl sites for hydroxylation is 1. The summed E-state index contributed by atoms with van der Waals surface area (Å²) in [5.41, 5.74) is 4.91. The normalized spacial score (nSPS) is 12.0. The number of carbonyl (C=O) groups is 1. The lowest BCUT2D eigenvalue weighted by molar-refractivity contribution is 0.0691. The molecule has 2 heterocycles. The second-order valence-electron chi connectivity index (χ2n) is 8.15. The number of aromatic carboxylic acids is 1. The standard InChI is InChI=1S/C20H27N3O3Si/c1-13-18(14(2)23(22-13)12-26-9-10-27(3,4)5)16-8-6-7-15-11-17(20(24)25)21-19(15)16/h6-8,11,21H,9-10,12H2,1-5H3,(H,24,25). The molecule has 6 nitrogen and oxygen atoms in total. The van der Waals surface area contributed by atoms with Crippen LogP contribution >= 0.6 is 0 Å². The lowest BCUT2D eigenvalue weighted by Gasteiger charge is -2.15. The highest BCUT2D eigenvalue weighted by Gasteiger charge is 2.18.